The van der Waals surface area contributed by atoms with Crippen LogP contribution >= 0.6 is 23.6 Å². The molecule has 0 bridgehead atoms. The fraction of sp³-hybridized carbons (Fsp3) is 0.0667. The second-order valence-corrected chi connectivity index (χ2v) is 5.64. The standard InChI is InChI=1S/C15H12N2S2/c1-10-3-2-4-11(7-10)16-12-5-6-13-14(8-12)19-15(9-18)17-13/h2-9,16H,1H3. The molecule has 0 unspecified atom stereocenters. The van der Waals surface area contributed by atoms with E-state index in [1.54, 1.807) is 16.7 Å². The summed E-state index contributed by atoms with van der Waals surface area (Å²) in [6.07, 6.45) is 0. The average Bonchev–Trinajstić information content (AvgIpc) is 2.81. The van der Waals surface area contributed by atoms with Crippen LogP contribution in [0.2, 0.25) is 0 Å². The number of anilines is 2. The van der Waals surface area contributed by atoms with E-state index in [4.69, 9.17) is 12.2 Å². The Bertz CT molecular complexity index is 747. The quantitative estimate of drug-likeness (QED) is 0.706. The molecular formula is C15H12N2S2. The van der Waals surface area contributed by atoms with E-state index in [9.17, 15) is 0 Å². The molecule has 1 N–H and O–H groups in total. The summed E-state index contributed by atoms with van der Waals surface area (Å²) < 4.78 is 1.15. The molecule has 1 aromatic heterocycles. The van der Waals surface area contributed by atoms with Crippen LogP contribution in [0.4, 0.5) is 11.4 Å². The maximum atomic E-state index is 4.92. The Balaban J connectivity index is 1.94. The number of benzene rings is 2. The first-order valence-electron chi connectivity index (χ1n) is 5.94. The topological polar surface area (TPSA) is 24.9 Å². The predicted molar refractivity (Wildman–Crippen MR) is 86.8 cm³/mol. The largest absolute Gasteiger partial charge is 0.355 e. The number of aryl methyl sites for hydroxylation is 1. The van der Waals surface area contributed by atoms with Gasteiger partial charge < -0.3 is 5.32 Å². The molecule has 0 saturated heterocycles. The van der Waals surface area contributed by atoms with E-state index in [-0.39, 0.29) is 0 Å². The van der Waals surface area contributed by atoms with E-state index in [2.05, 4.69) is 41.5 Å². The SMILES string of the molecule is Cc1cccc(Nc2ccc3nc(C=S)sc3c2)c1. The lowest BCUT2D eigenvalue weighted by molar-refractivity contribution is 1.45. The van der Waals surface area contributed by atoms with Crippen LogP contribution < -0.4 is 5.32 Å². The average molecular weight is 284 g/mol. The number of hydrogen-bond donors (Lipinski definition) is 1. The summed E-state index contributed by atoms with van der Waals surface area (Å²) in [5.74, 6) is 0. The highest BCUT2D eigenvalue weighted by atomic mass is 32.1. The molecule has 0 atom stereocenters. The van der Waals surface area contributed by atoms with Gasteiger partial charge in [0.25, 0.3) is 0 Å². The molecule has 2 aromatic carbocycles. The zero-order valence-electron chi connectivity index (χ0n) is 10.4. The Kier molecular flexibility index (Phi) is 3.27. The van der Waals surface area contributed by atoms with Gasteiger partial charge in [-0.3, -0.25) is 0 Å². The fourth-order valence-electron chi connectivity index (χ4n) is 1.96. The molecule has 94 valence electrons. The van der Waals surface area contributed by atoms with Crippen LogP contribution in [0.25, 0.3) is 10.2 Å². The number of nitrogens with zero attached hydrogens (tertiary/aromatic N) is 1. The van der Waals surface area contributed by atoms with Crippen LogP contribution in [-0.2, 0) is 0 Å². The van der Waals surface area contributed by atoms with Crippen molar-refractivity contribution in [3.8, 4) is 0 Å². The van der Waals surface area contributed by atoms with Crippen molar-refractivity contribution < 1.29 is 0 Å². The summed E-state index contributed by atoms with van der Waals surface area (Å²) in [6, 6.07) is 14.5. The number of thiazole rings is 1. The van der Waals surface area contributed by atoms with Gasteiger partial charge in [0.2, 0.25) is 0 Å². The van der Waals surface area contributed by atoms with Crippen LogP contribution in [0.1, 0.15) is 10.6 Å². The Hall–Kier alpha value is -1.78. The first-order valence-corrected chi connectivity index (χ1v) is 7.23. The van der Waals surface area contributed by atoms with Crippen molar-refractivity contribution in [2.24, 2.45) is 0 Å². The Labute approximate surface area is 121 Å². The van der Waals surface area contributed by atoms with Gasteiger partial charge in [0.15, 0.2) is 0 Å². The van der Waals surface area contributed by atoms with Crippen molar-refractivity contribution in [1.29, 1.82) is 0 Å². The highest BCUT2D eigenvalue weighted by molar-refractivity contribution is 7.79. The lowest BCUT2D eigenvalue weighted by Crippen LogP contribution is -1.89. The maximum absolute atomic E-state index is 4.92. The van der Waals surface area contributed by atoms with E-state index >= 15 is 0 Å². The van der Waals surface area contributed by atoms with Crippen molar-refractivity contribution in [2.75, 3.05) is 5.32 Å². The van der Waals surface area contributed by atoms with Gasteiger partial charge in [0.1, 0.15) is 5.01 Å². The third kappa shape index (κ3) is 2.64. The summed E-state index contributed by atoms with van der Waals surface area (Å²) in [4.78, 5) is 4.42. The highest BCUT2D eigenvalue weighted by Gasteiger charge is 2.03. The van der Waals surface area contributed by atoms with E-state index in [0.29, 0.717) is 0 Å². The minimum atomic E-state index is 0.887. The van der Waals surface area contributed by atoms with Gasteiger partial charge in [-0.15, -0.1) is 11.3 Å². The third-order valence-corrected chi connectivity index (χ3v) is 4.15. The molecule has 0 fully saturated rings. The van der Waals surface area contributed by atoms with Crippen LogP contribution in [0, 0.1) is 6.92 Å². The van der Waals surface area contributed by atoms with Crippen molar-refractivity contribution in [3.63, 3.8) is 0 Å². The molecule has 3 rings (SSSR count). The molecule has 0 amide bonds. The maximum Gasteiger partial charge on any atom is 0.128 e. The van der Waals surface area contributed by atoms with Crippen molar-refractivity contribution in [3.05, 3.63) is 53.0 Å². The summed E-state index contributed by atoms with van der Waals surface area (Å²) in [6.45, 7) is 2.09. The molecule has 0 aliphatic carbocycles. The Morgan fingerprint density at radius 1 is 1.16 bits per heavy atom. The lowest BCUT2D eigenvalue weighted by atomic mass is 10.2. The zero-order valence-corrected chi connectivity index (χ0v) is 12.0. The molecule has 0 spiro atoms. The van der Waals surface area contributed by atoms with Crippen molar-refractivity contribution in [1.82, 2.24) is 4.98 Å². The summed E-state index contributed by atoms with van der Waals surface area (Å²) in [5.41, 5.74) is 4.40. The van der Waals surface area contributed by atoms with E-state index in [0.717, 1.165) is 26.6 Å². The lowest BCUT2D eigenvalue weighted by Gasteiger charge is -2.06. The minimum Gasteiger partial charge on any atom is -0.355 e. The van der Waals surface area contributed by atoms with Crippen LogP contribution in [0.15, 0.2) is 42.5 Å². The van der Waals surface area contributed by atoms with Gasteiger partial charge in [-0.1, -0.05) is 24.4 Å². The molecule has 3 aromatic rings. The molecule has 2 nitrogen and oxygen atoms in total. The number of aromatic nitrogens is 1. The number of rotatable bonds is 3. The van der Waals surface area contributed by atoms with Gasteiger partial charge in [0.05, 0.1) is 10.2 Å². The van der Waals surface area contributed by atoms with E-state index in [1.807, 2.05) is 18.2 Å². The van der Waals surface area contributed by atoms with Gasteiger partial charge in [-0.25, -0.2) is 4.98 Å². The molecular weight excluding hydrogens is 272 g/mol. The summed E-state index contributed by atoms with van der Waals surface area (Å²) >= 11 is 6.53. The van der Waals surface area contributed by atoms with Crippen LogP contribution in [-0.4, -0.2) is 10.4 Å². The molecule has 0 saturated carbocycles. The molecule has 0 aliphatic heterocycles. The first kappa shape index (κ1) is 12.3. The van der Waals surface area contributed by atoms with Gasteiger partial charge in [-0.05, 0) is 42.8 Å². The number of fused-ring (bicyclic) bond motifs is 1. The Morgan fingerprint density at radius 2 is 2.00 bits per heavy atom. The highest BCUT2D eigenvalue weighted by Crippen LogP contribution is 2.26. The van der Waals surface area contributed by atoms with E-state index < -0.39 is 0 Å². The van der Waals surface area contributed by atoms with Gasteiger partial charge >= 0.3 is 0 Å². The summed E-state index contributed by atoms with van der Waals surface area (Å²) in [7, 11) is 0. The van der Waals surface area contributed by atoms with Crippen molar-refractivity contribution in [2.45, 2.75) is 6.92 Å². The normalized spacial score (nSPS) is 10.6. The molecule has 19 heavy (non-hydrogen) atoms. The number of thiocarbonyl (C=S) groups is 1. The Morgan fingerprint density at radius 3 is 2.79 bits per heavy atom. The molecule has 0 radical (unpaired) electrons. The second-order valence-electron chi connectivity index (χ2n) is 4.35. The number of hydrogen-bond acceptors (Lipinski definition) is 4. The third-order valence-electron chi connectivity index (χ3n) is 2.81. The van der Waals surface area contributed by atoms with Crippen LogP contribution in [0.3, 0.4) is 0 Å². The molecule has 0 aliphatic rings. The van der Waals surface area contributed by atoms with Crippen molar-refractivity contribution >= 4 is 50.5 Å². The van der Waals surface area contributed by atoms with Gasteiger partial charge in [-0.2, -0.15) is 0 Å². The van der Waals surface area contributed by atoms with Crippen LogP contribution in [0.5, 0.6) is 0 Å². The molecule has 1 heterocycles. The monoisotopic (exact) mass is 284 g/mol. The smallest absolute Gasteiger partial charge is 0.128 e. The van der Waals surface area contributed by atoms with Gasteiger partial charge in [0, 0.05) is 16.7 Å². The first-order chi connectivity index (χ1) is 9.24. The number of nitrogens with one attached hydrogen (secondary N) is 1. The zero-order chi connectivity index (χ0) is 13.2. The minimum absolute atomic E-state index is 0.887. The predicted octanol–water partition coefficient (Wildman–Crippen LogP) is 4.70. The second kappa shape index (κ2) is 5.07. The fourth-order valence-corrected chi connectivity index (χ4v) is 2.98. The van der Waals surface area contributed by atoms with E-state index in [1.165, 1.54) is 5.56 Å². The summed E-state index contributed by atoms with van der Waals surface area (Å²) in [5, 5.41) is 5.92. The molecule has 4 heteroatoms.